The van der Waals surface area contributed by atoms with Crippen LogP contribution in [0.15, 0.2) is 12.1 Å². The molecule has 0 spiro atoms. The van der Waals surface area contributed by atoms with Crippen LogP contribution in [0.1, 0.15) is 37.6 Å². The topological polar surface area (TPSA) is 48.9 Å². The van der Waals surface area contributed by atoms with E-state index in [0.29, 0.717) is 5.92 Å². The summed E-state index contributed by atoms with van der Waals surface area (Å²) in [6, 6.07) is 4.42. The van der Waals surface area contributed by atoms with Crippen molar-refractivity contribution < 1.29 is 9.53 Å². The van der Waals surface area contributed by atoms with Crippen LogP contribution in [0.4, 0.5) is 5.69 Å². The summed E-state index contributed by atoms with van der Waals surface area (Å²) < 4.78 is 5.47. The Morgan fingerprint density at radius 2 is 1.96 bits per heavy atom. The summed E-state index contributed by atoms with van der Waals surface area (Å²) in [7, 11) is 2.17. The van der Waals surface area contributed by atoms with Crippen molar-refractivity contribution in [3.8, 4) is 0 Å². The van der Waals surface area contributed by atoms with Crippen LogP contribution in [0.2, 0.25) is 0 Å². The molecule has 0 saturated carbocycles. The number of hydrogen-bond acceptors (Lipinski definition) is 5. The Balaban J connectivity index is 1.65. The molecular formula is C20H32N4O2. The van der Waals surface area contributed by atoms with Gasteiger partial charge in [0.1, 0.15) is 6.61 Å². The summed E-state index contributed by atoms with van der Waals surface area (Å²) in [4.78, 5) is 23.8. The van der Waals surface area contributed by atoms with E-state index >= 15 is 0 Å². The molecule has 1 amide bonds. The minimum absolute atomic E-state index is 0.0851. The number of likely N-dealkylation sites (tertiary alicyclic amines) is 1. The van der Waals surface area contributed by atoms with Gasteiger partial charge in [-0.1, -0.05) is 0 Å². The maximum absolute atomic E-state index is 12.3. The summed E-state index contributed by atoms with van der Waals surface area (Å²) in [5.41, 5.74) is 3.46. The number of nitrogens with zero attached hydrogens (tertiary/aromatic N) is 4. The normalized spacial score (nSPS) is 21.7. The predicted octanol–water partition coefficient (Wildman–Crippen LogP) is 1.88. The van der Waals surface area contributed by atoms with E-state index in [0.717, 1.165) is 57.1 Å². The Bertz CT molecular complexity index is 626. The number of amides is 1. The van der Waals surface area contributed by atoms with Crippen LogP contribution < -0.4 is 4.90 Å². The maximum atomic E-state index is 12.3. The number of anilines is 1. The Morgan fingerprint density at radius 1 is 1.23 bits per heavy atom. The maximum Gasteiger partial charge on any atom is 0.248 e. The highest BCUT2D eigenvalue weighted by molar-refractivity contribution is 5.77. The van der Waals surface area contributed by atoms with Crippen LogP contribution in [0.25, 0.3) is 0 Å². The van der Waals surface area contributed by atoms with E-state index in [2.05, 4.69) is 35.9 Å². The van der Waals surface area contributed by atoms with Gasteiger partial charge in [0.05, 0.1) is 6.10 Å². The molecule has 6 heteroatoms. The van der Waals surface area contributed by atoms with Gasteiger partial charge in [0, 0.05) is 62.3 Å². The fraction of sp³-hybridized carbons (Fsp3) is 0.700. The molecule has 26 heavy (non-hydrogen) atoms. The third kappa shape index (κ3) is 4.74. The van der Waals surface area contributed by atoms with E-state index in [9.17, 15) is 4.79 Å². The van der Waals surface area contributed by atoms with E-state index in [-0.39, 0.29) is 18.6 Å². The van der Waals surface area contributed by atoms with Gasteiger partial charge in [-0.15, -0.1) is 0 Å². The summed E-state index contributed by atoms with van der Waals surface area (Å²) >= 11 is 0. The van der Waals surface area contributed by atoms with E-state index in [1.165, 1.54) is 5.69 Å². The molecule has 0 N–H and O–H groups in total. The smallest absolute Gasteiger partial charge is 0.248 e. The standard InChI is InChI=1S/C20H32N4O2/c1-15(2)26-14-20(25)24-6-5-17(13-24)19-12-18(11-16(3)21-19)23-9-7-22(4)8-10-23/h11-12,15,17H,5-10,13-14H2,1-4H3/t17-/m0/s1. The third-order valence-electron chi connectivity index (χ3n) is 5.33. The van der Waals surface area contributed by atoms with Crippen molar-refractivity contribution in [3.05, 3.63) is 23.5 Å². The molecule has 0 aliphatic carbocycles. The van der Waals surface area contributed by atoms with Crippen LogP contribution >= 0.6 is 0 Å². The second kappa shape index (κ2) is 8.35. The molecule has 1 aromatic heterocycles. The monoisotopic (exact) mass is 360 g/mol. The number of aromatic nitrogens is 1. The molecule has 0 aromatic carbocycles. The number of carbonyl (C=O) groups is 1. The number of aryl methyl sites for hydroxylation is 1. The fourth-order valence-corrected chi connectivity index (χ4v) is 3.69. The van der Waals surface area contributed by atoms with E-state index in [4.69, 9.17) is 9.72 Å². The first kappa shape index (κ1) is 19.1. The minimum Gasteiger partial charge on any atom is -0.369 e. The first-order valence-electron chi connectivity index (χ1n) is 9.74. The molecule has 0 radical (unpaired) electrons. The molecule has 2 saturated heterocycles. The Morgan fingerprint density at radius 3 is 2.65 bits per heavy atom. The van der Waals surface area contributed by atoms with Crippen molar-refractivity contribution in [2.45, 2.75) is 39.2 Å². The molecule has 144 valence electrons. The molecule has 6 nitrogen and oxygen atoms in total. The van der Waals surface area contributed by atoms with Gasteiger partial charge in [-0.25, -0.2) is 0 Å². The summed E-state index contributed by atoms with van der Waals surface area (Å²) in [5, 5.41) is 0. The number of likely N-dealkylation sites (N-methyl/N-ethyl adjacent to an activating group) is 1. The first-order chi connectivity index (χ1) is 12.4. The number of carbonyl (C=O) groups excluding carboxylic acids is 1. The lowest BCUT2D eigenvalue weighted by Gasteiger charge is -2.34. The fourth-order valence-electron chi connectivity index (χ4n) is 3.69. The zero-order valence-electron chi connectivity index (χ0n) is 16.6. The lowest BCUT2D eigenvalue weighted by atomic mass is 10.0. The molecular weight excluding hydrogens is 328 g/mol. The molecule has 2 aliphatic rings. The first-order valence-corrected chi connectivity index (χ1v) is 9.74. The minimum atomic E-state index is 0.0851. The Labute approximate surface area is 157 Å². The SMILES string of the molecule is Cc1cc(N2CCN(C)CC2)cc([C@H]2CCN(C(=O)COC(C)C)C2)n1. The second-order valence-corrected chi connectivity index (χ2v) is 7.87. The van der Waals surface area contributed by atoms with Crippen molar-refractivity contribution in [1.29, 1.82) is 0 Å². The Kier molecular flexibility index (Phi) is 6.14. The predicted molar refractivity (Wildman–Crippen MR) is 104 cm³/mol. The highest BCUT2D eigenvalue weighted by atomic mass is 16.5. The van der Waals surface area contributed by atoms with Gasteiger partial charge in [-0.3, -0.25) is 9.78 Å². The van der Waals surface area contributed by atoms with E-state index in [1.54, 1.807) is 0 Å². The van der Waals surface area contributed by atoms with Gasteiger partial charge in [0.25, 0.3) is 0 Å². The van der Waals surface area contributed by atoms with Gasteiger partial charge in [0.15, 0.2) is 0 Å². The molecule has 3 heterocycles. The average molecular weight is 361 g/mol. The van der Waals surface area contributed by atoms with Crippen LogP contribution in [0, 0.1) is 6.92 Å². The second-order valence-electron chi connectivity index (χ2n) is 7.87. The van der Waals surface area contributed by atoms with Crippen molar-refractivity contribution in [3.63, 3.8) is 0 Å². The molecule has 3 rings (SSSR count). The number of piperazine rings is 1. The van der Waals surface area contributed by atoms with E-state index < -0.39 is 0 Å². The largest absolute Gasteiger partial charge is 0.369 e. The summed E-state index contributed by atoms with van der Waals surface area (Å²) in [5.74, 6) is 0.414. The van der Waals surface area contributed by atoms with Crippen molar-refractivity contribution >= 4 is 11.6 Å². The highest BCUT2D eigenvalue weighted by Crippen LogP contribution is 2.29. The van der Waals surface area contributed by atoms with Gasteiger partial charge >= 0.3 is 0 Å². The zero-order valence-corrected chi connectivity index (χ0v) is 16.6. The molecule has 1 atom stereocenters. The number of pyridine rings is 1. The average Bonchev–Trinajstić information content (AvgIpc) is 3.10. The molecule has 0 unspecified atom stereocenters. The number of rotatable bonds is 5. The number of hydrogen-bond donors (Lipinski definition) is 0. The lowest BCUT2D eigenvalue weighted by Crippen LogP contribution is -2.44. The zero-order chi connectivity index (χ0) is 18.7. The summed E-state index contributed by atoms with van der Waals surface area (Å²) in [6.07, 6.45) is 1.06. The lowest BCUT2D eigenvalue weighted by molar-refractivity contribution is -0.136. The van der Waals surface area contributed by atoms with Crippen molar-refractivity contribution in [2.24, 2.45) is 0 Å². The van der Waals surface area contributed by atoms with Gasteiger partial charge in [0.2, 0.25) is 5.91 Å². The number of ether oxygens (including phenoxy) is 1. The highest BCUT2D eigenvalue weighted by Gasteiger charge is 2.29. The van der Waals surface area contributed by atoms with Gasteiger partial charge in [-0.2, -0.15) is 0 Å². The molecule has 2 fully saturated rings. The van der Waals surface area contributed by atoms with Crippen LogP contribution in [0.3, 0.4) is 0 Å². The van der Waals surface area contributed by atoms with Crippen LogP contribution in [-0.4, -0.2) is 79.7 Å². The van der Waals surface area contributed by atoms with Crippen LogP contribution in [-0.2, 0) is 9.53 Å². The van der Waals surface area contributed by atoms with Gasteiger partial charge in [-0.05, 0) is 46.4 Å². The van der Waals surface area contributed by atoms with Crippen LogP contribution in [0.5, 0.6) is 0 Å². The Hall–Kier alpha value is -1.66. The van der Waals surface area contributed by atoms with E-state index in [1.807, 2.05) is 18.7 Å². The van der Waals surface area contributed by atoms with Crippen molar-refractivity contribution in [1.82, 2.24) is 14.8 Å². The van der Waals surface area contributed by atoms with Gasteiger partial charge < -0.3 is 19.4 Å². The quantitative estimate of drug-likeness (QED) is 0.802. The summed E-state index contributed by atoms with van der Waals surface area (Å²) in [6.45, 7) is 12.0. The molecule has 2 aliphatic heterocycles. The molecule has 0 bridgehead atoms. The van der Waals surface area contributed by atoms with Crippen molar-refractivity contribution in [2.75, 3.05) is 57.8 Å². The third-order valence-corrected chi connectivity index (χ3v) is 5.33. The molecule has 1 aromatic rings.